The van der Waals surface area contributed by atoms with Gasteiger partial charge in [0.05, 0.1) is 11.1 Å². The van der Waals surface area contributed by atoms with Crippen molar-refractivity contribution in [2.75, 3.05) is 9.80 Å². The lowest BCUT2D eigenvalue weighted by atomic mass is 9.65. The van der Waals surface area contributed by atoms with E-state index in [1.165, 1.54) is 38.6 Å². The minimum atomic E-state index is -0.709. The number of hydrogen-bond acceptors (Lipinski definition) is 3. The summed E-state index contributed by atoms with van der Waals surface area (Å²) < 4.78 is 7.04. The lowest BCUT2D eigenvalue weighted by Crippen LogP contribution is -2.33. The largest absolute Gasteiger partial charge is 0.457 e. The van der Waals surface area contributed by atoms with Crippen LogP contribution in [0.4, 0.5) is 34.1 Å². The molecule has 0 N–H and O–H groups in total. The summed E-state index contributed by atoms with van der Waals surface area (Å²) in [6, 6.07) is 78.5. The highest BCUT2D eigenvalue weighted by molar-refractivity contribution is 6.02. The second kappa shape index (κ2) is 12.9. The molecule has 1 atom stereocenters. The van der Waals surface area contributed by atoms with Crippen LogP contribution in [0.5, 0.6) is 11.5 Å². The maximum atomic E-state index is 7.04. The maximum absolute atomic E-state index is 7.04. The molecule has 9 aromatic rings. The second-order valence-corrected chi connectivity index (χ2v) is 14.5. The van der Waals surface area contributed by atoms with Gasteiger partial charge in [-0.25, -0.2) is 0 Å². The van der Waals surface area contributed by atoms with Crippen LogP contribution < -0.4 is 14.5 Å². The van der Waals surface area contributed by atoms with E-state index in [4.69, 9.17) is 4.74 Å². The number of anilines is 6. The van der Waals surface area contributed by atoms with E-state index in [1.54, 1.807) is 0 Å². The molecule has 0 saturated heterocycles. The molecule has 0 aromatic heterocycles. The zero-order valence-corrected chi connectivity index (χ0v) is 30.6. The summed E-state index contributed by atoms with van der Waals surface area (Å²) >= 11 is 0. The SMILES string of the molecule is c1ccc(N(c2ccccc2)c2ccc3c(c2)C2(c4ccccc4-c4c(N(c5ccccc5)c5ccccc5)cccc42)c2c(ccc4ccccc24)O3)cc1. The van der Waals surface area contributed by atoms with Crippen molar-refractivity contribution in [3.05, 3.63) is 241 Å². The van der Waals surface area contributed by atoms with Crippen LogP contribution in [0.1, 0.15) is 22.3 Å². The monoisotopic (exact) mass is 716 g/mol. The van der Waals surface area contributed by atoms with Crippen LogP contribution in [0.25, 0.3) is 21.9 Å². The highest BCUT2D eigenvalue weighted by Gasteiger charge is 2.53. The fraction of sp³-hybridized carbons (Fsp3) is 0.0189. The molecule has 2 aliphatic rings. The molecule has 0 amide bonds. The molecule has 3 nitrogen and oxygen atoms in total. The Balaban J connectivity index is 1.26. The average Bonchev–Trinajstić information content (AvgIpc) is 3.56. The third-order valence-corrected chi connectivity index (χ3v) is 11.5. The Morgan fingerprint density at radius 2 is 0.893 bits per heavy atom. The average molecular weight is 717 g/mol. The molecular formula is C53H36N2O. The van der Waals surface area contributed by atoms with Crippen molar-refractivity contribution in [1.82, 2.24) is 0 Å². The molecular weight excluding hydrogens is 681 g/mol. The molecule has 56 heavy (non-hydrogen) atoms. The topological polar surface area (TPSA) is 15.7 Å². The minimum Gasteiger partial charge on any atom is -0.457 e. The molecule has 11 rings (SSSR count). The number of nitrogens with zero attached hydrogens (tertiary/aromatic N) is 2. The van der Waals surface area contributed by atoms with E-state index in [-0.39, 0.29) is 0 Å². The first kappa shape index (κ1) is 32.1. The predicted octanol–water partition coefficient (Wildman–Crippen LogP) is 14.2. The Hall–Kier alpha value is -7.36. The van der Waals surface area contributed by atoms with Gasteiger partial charge in [-0.05, 0) is 106 Å². The zero-order chi connectivity index (χ0) is 37.1. The van der Waals surface area contributed by atoms with Gasteiger partial charge < -0.3 is 14.5 Å². The van der Waals surface area contributed by atoms with Crippen LogP contribution in [-0.2, 0) is 5.41 Å². The second-order valence-electron chi connectivity index (χ2n) is 14.5. The molecule has 0 bridgehead atoms. The van der Waals surface area contributed by atoms with Crippen molar-refractivity contribution in [3.63, 3.8) is 0 Å². The van der Waals surface area contributed by atoms with Gasteiger partial charge in [0.2, 0.25) is 0 Å². The van der Waals surface area contributed by atoms with E-state index in [2.05, 4.69) is 228 Å². The van der Waals surface area contributed by atoms with E-state index in [9.17, 15) is 0 Å². The Labute approximate surface area is 326 Å². The van der Waals surface area contributed by atoms with Gasteiger partial charge in [-0.15, -0.1) is 0 Å². The first-order valence-electron chi connectivity index (χ1n) is 19.2. The van der Waals surface area contributed by atoms with Crippen LogP contribution in [-0.4, -0.2) is 0 Å². The number of fused-ring (bicyclic) bond motifs is 11. The van der Waals surface area contributed by atoms with Crippen molar-refractivity contribution in [3.8, 4) is 22.6 Å². The lowest BCUT2D eigenvalue weighted by Gasteiger charge is -2.41. The van der Waals surface area contributed by atoms with E-state index in [1.807, 2.05) is 0 Å². The Morgan fingerprint density at radius 3 is 1.55 bits per heavy atom. The highest BCUT2D eigenvalue weighted by atomic mass is 16.5. The fourth-order valence-electron chi connectivity index (χ4n) is 9.25. The smallest absolute Gasteiger partial charge is 0.132 e. The first-order chi connectivity index (χ1) is 27.8. The molecule has 0 fully saturated rings. The molecule has 1 unspecified atom stereocenters. The van der Waals surface area contributed by atoms with Crippen LogP contribution in [0.15, 0.2) is 218 Å². The van der Waals surface area contributed by atoms with Crippen molar-refractivity contribution >= 4 is 44.9 Å². The van der Waals surface area contributed by atoms with Crippen molar-refractivity contribution in [1.29, 1.82) is 0 Å². The predicted molar refractivity (Wildman–Crippen MR) is 231 cm³/mol. The normalized spacial score (nSPS) is 14.6. The summed E-state index contributed by atoms with van der Waals surface area (Å²) in [5, 5.41) is 2.36. The molecule has 264 valence electrons. The van der Waals surface area contributed by atoms with E-state index in [0.717, 1.165) is 51.2 Å². The van der Waals surface area contributed by atoms with Gasteiger partial charge in [0.15, 0.2) is 0 Å². The molecule has 0 saturated carbocycles. The summed E-state index contributed by atoms with van der Waals surface area (Å²) in [6.45, 7) is 0. The summed E-state index contributed by atoms with van der Waals surface area (Å²) in [7, 11) is 0. The summed E-state index contributed by atoms with van der Waals surface area (Å²) in [4.78, 5) is 4.75. The van der Waals surface area contributed by atoms with Crippen molar-refractivity contribution in [2.24, 2.45) is 0 Å². The van der Waals surface area contributed by atoms with Crippen LogP contribution in [0, 0.1) is 0 Å². The fourth-order valence-corrected chi connectivity index (χ4v) is 9.25. The Bertz CT molecular complexity index is 2810. The maximum Gasteiger partial charge on any atom is 0.132 e. The van der Waals surface area contributed by atoms with Gasteiger partial charge in [-0.2, -0.15) is 0 Å². The van der Waals surface area contributed by atoms with Gasteiger partial charge in [-0.1, -0.05) is 140 Å². The number of para-hydroxylation sites is 4. The molecule has 3 heteroatoms. The van der Waals surface area contributed by atoms with Gasteiger partial charge in [0.1, 0.15) is 11.5 Å². The zero-order valence-electron chi connectivity index (χ0n) is 30.6. The van der Waals surface area contributed by atoms with Crippen LogP contribution in [0.2, 0.25) is 0 Å². The third-order valence-electron chi connectivity index (χ3n) is 11.5. The number of hydrogen-bond donors (Lipinski definition) is 0. The van der Waals surface area contributed by atoms with Gasteiger partial charge in [0.25, 0.3) is 0 Å². The van der Waals surface area contributed by atoms with E-state index < -0.39 is 5.41 Å². The highest BCUT2D eigenvalue weighted by Crippen LogP contribution is 2.65. The third kappa shape index (κ3) is 4.77. The quantitative estimate of drug-likeness (QED) is 0.170. The standard InChI is InChI=1S/C53H36N2O/c1-5-19-38(20-6-1)54(39-21-7-2-8-22-39)42-33-35-49-47(36-42)53(52-43-27-14-13-18-37(43)32-34-50(52)56-49)45-29-16-15-28-44(45)51-46(53)30-17-31-48(51)55(40-23-9-3-10-24-40)41-25-11-4-12-26-41/h1-36H. The number of ether oxygens (including phenoxy) is 1. The summed E-state index contributed by atoms with van der Waals surface area (Å²) in [5.74, 6) is 1.73. The van der Waals surface area contributed by atoms with E-state index >= 15 is 0 Å². The van der Waals surface area contributed by atoms with Crippen molar-refractivity contribution < 1.29 is 4.74 Å². The number of benzene rings is 9. The first-order valence-corrected chi connectivity index (χ1v) is 19.2. The molecule has 1 aliphatic heterocycles. The minimum absolute atomic E-state index is 0.709. The van der Waals surface area contributed by atoms with Crippen LogP contribution in [0.3, 0.4) is 0 Å². The van der Waals surface area contributed by atoms with Crippen LogP contribution >= 0.6 is 0 Å². The summed E-state index contributed by atoms with van der Waals surface area (Å²) in [5.41, 5.74) is 13.1. The van der Waals surface area contributed by atoms with Gasteiger partial charge >= 0.3 is 0 Å². The van der Waals surface area contributed by atoms with Crippen molar-refractivity contribution in [2.45, 2.75) is 5.41 Å². The Morgan fingerprint density at radius 1 is 0.357 bits per heavy atom. The molecule has 1 heterocycles. The molecule has 1 aliphatic carbocycles. The van der Waals surface area contributed by atoms with E-state index in [0.29, 0.717) is 0 Å². The molecule has 0 radical (unpaired) electrons. The number of rotatable bonds is 6. The van der Waals surface area contributed by atoms with Gasteiger partial charge in [-0.3, -0.25) is 0 Å². The molecule has 9 aromatic carbocycles. The molecule has 1 spiro atoms. The summed E-state index contributed by atoms with van der Waals surface area (Å²) in [6.07, 6.45) is 0. The Kier molecular flexibility index (Phi) is 7.39. The lowest BCUT2D eigenvalue weighted by molar-refractivity contribution is 0.438. The van der Waals surface area contributed by atoms with Gasteiger partial charge in [0, 0.05) is 45.1 Å².